The third kappa shape index (κ3) is 21.0. The van der Waals surface area contributed by atoms with Crippen LogP contribution in [-0.4, -0.2) is 109 Å². The van der Waals surface area contributed by atoms with Gasteiger partial charge in [-0.25, -0.2) is 63.9 Å². The van der Waals surface area contributed by atoms with Crippen molar-refractivity contribution in [2.75, 3.05) is 0 Å². The standard InChI is InChI=1S/C60H41F6N5O6S2.C19H13N5.C15H10F6O2.C12H8F2O2S.3CH4/c1-38-14-30-46(31-15-38)78(72,73)48-34-26-44(27-35-48)76-42-22-16-39(17-23-42)58(59(61,62)63,60(64,65)66)40-18-24-43(25-19-40)77-45-28-36-49(37-29-45)79(74,75)47-32-20-41(21-33-47)71-55-13-6-4-9-51(55)69-57(71)53-11-7-10-52(67-53)56-68-50-8-3-5-12-54(50)70(56)2;1-2-7-13-12(6-1)21-18(22-13)16-10-5-11-17(20-16)19-23-14-8-3-4-9-15(14)24-19;16-14(17,18)13(15(19,20)21,9-1-5-11(22)6-2-9)10-3-7-12(23)8-4-10;13-9-1-5-11(6-2-9)17(15,16)12-7-3-10(14)4-8-12;;;/h3-37H,1-2H3;1-11H,(H,21,22)(H,23,24);1-8,22-23H;1-8H;3*1H4. The van der Waals surface area contributed by atoms with Crippen molar-refractivity contribution in [1.82, 2.24) is 49.0 Å². The largest absolute Gasteiger partial charge is 0.508 e. The first-order valence-corrected chi connectivity index (χ1v) is 47.3. The van der Waals surface area contributed by atoms with E-state index in [1.54, 1.807) is 24.3 Å². The molecule has 0 fully saturated rings. The van der Waals surface area contributed by atoms with Gasteiger partial charge in [0, 0.05) is 12.7 Å². The minimum Gasteiger partial charge on any atom is -0.508 e. The van der Waals surface area contributed by atoms with Gasteiger partial charge < -0.3 is 34.2 Å². The van der Waals surface area contributed by atoms with Crippen LogP contribution in [0.3, 0.4) is 0 Å². The molecule has 20 nitrogen and oxygen atoms in total. The Morgan fingerprint density at radius 1 is 0.288 bits per heavy atom. The Morgan fingerprint density at radius 2 is 0.562 bits per heavy atom. The first-order valence-electron chi connectivity index (χ1n) is 42.9. The van der Waals surface area contributed by atoms with Crippen molar-refractivity contribution in [2.24, 2.45) is 7.05 Å². The molecule has 6 heterocycles. The number of benzene rings is 14. The maximum absolute atomic E-state index is 15.1. The molecule has 0 atom stereocenters. The Bertz CT molecular complexity index is 8130. The van der Waals surface area contributed by atoms with Crippen LogP contribution in [0.5, 0.6) is 34.5 Å². The summed E-state index contributed by atoms with van der Waals surface area (Å²) >= 11 is 0. The number of aromatic nitrogens is 10. The summed E-state index contributed by atoms with van der Waals surface area (Å²) in [5, 5.41) is 18.3. The molecule has 0 spiro atoms. The highest BCUT2D eigenvalue weighted by Crippen LogP contribution is 2.59. The fraction of sp³-hybridized carbons (Fsp3) is 0.101. The quantitative estimate of drug-likeness (QED) is 0.0432. The SMILES string of the molecule is C.C.C.Cc1ccc(S(=O)(=O)c2ccc(Oc3ccc(C(c4ccc(Oc5ccc(S(=O)(=O)c6ccc(-n7c(-c8cccc(-c9nc%10ccccc%10n9C)n8)nc8ccccc87)cc6)cc5)cc4)(C(F)(F)F)C(F)(F)F)cc3)cc2)cc1.O=S(=O)(c1ccc(F)cc1)c1ccc(F)cc1.Oc1ccc(C(c2ccc(O)cc2)(C(F)(F)F)C(F)(F)F)cc1.c1cc(-c2nc3ccccc3[nH]2)nc(-c2nc3ccccc3[nH]2)c1. The van der Waals surface area contributed by atoms with Crippen LogP contribution in [-0.2, 0) is 47.4 Å². The fourth-order valence-electron chi connectivity index (χ4n) is 16.1. The number of aromatic hydroxyl groups is 2. The van der Waals surface area contributed by atoms with Crippen LogP contribution in [0.4, 0.5) is 61.5 Å². The summed E-state index contributed by atoms with van der Waals surface area (Å²) in [5.74, 6) is 0.634. The number of halogens is 14. The predicted molar refractivity (Wildman–Crippen MR) is 527 cm³/mol. The van der Waals surface area contributed by atoms with Gasteiger partial charge in [0.1, 0.15) is 68.9 Å². The highest BCUT2D eigenvalue weighted by atomic mass is 32.2. The average Bonchev–Trinajstić information content (AvgIpc) is 0.981. The van der Waals surface area contributed by atoms with E-state index in [2.05, 4.69) is 19.9 Å². The number of fused-ring (bicyclic) bond motifs is 4. The summed E-state index contributed by atoms with van der Waals surface area (Å²) in [4.78, 5) is 35.1. The minimum absolute atomic E-state index is 0. The Labute approximate surface area is 827 Å². The van der Waals surface area contributed by atoms with Gasteiger partial charge in [0.2, 0.25) is 40.3 Å². The van der Waals surface area contributed by atoms with Crippen LogP contribution < -0.4 is 9.47 Å². The number of aryl methyl sites for hydroxylation is 2. The second-order valence-electron chi connectivity index (χ2n) is 32.3. The molecule has 4 N–H and O–H groups in total. The van der Waals surface area contributed by atoms with E-state index < -0.39 is 110 Å². The van der Waals surface area contributed by atoms with Gasteiger partial charge in [-0.05, 0) is 284 Å². The zero-order chi connectivity index (χ0) is 101. The summed E-state index contributed by atoms with van der Waals surface area (Å²) < 4.78 is 291. The van der Waals surface area contributed by atoms with Gasteiger partial charge in [-0.2, -0.15) is 52.7 Å². The van der Waals surface area contributed by atoms with Crippen LogP contribution in [0.1, 0.15) is 50.1 Å². The molecule has 20 aromatic rings. The lowest BCUT2D eigenvalue weighted by atomic mass is 9.73. The first-order chi connectivity index (χ1) is 68.1. The van der Waals surface area contributed by atoms with E-state index in [0.717, 1.165) is 140 Å². The van der Waals surface area contributed by atoms with Crippen LogP contribution >= 0.6 is 0 Å². The molecule has 146 heavy (non-hydrogen) atoms. The predicted octanol–water partition coefficient (Wildman–Crippen LogP) is 28.0. The Kier molecular flexibility index (Phi) is 30.0. The van der Waals surface area contributed by atoms with Gasteiger partial charge >= 0.3 is 24.7 Å². The molecule has 0 unspecified atom stereocenters. The molecule has 0 bridgehead atoms. The number of phenols is 2. The van der Waals surface area contributed by atoms with Crippen molar-refractivity contribution >= 4 is 73.6 Å². The Balaban J connectivity index is 0.000000201. The molecule has 746 valence electrons. The molecule has 0 aliphatic rings. The number of hydrogen-bond donors (Lipinski definition) is 4. The number of alkyl halides is 12. The van der Waals surface area contributed by atoms with E-state index in [1.807, 2.05) is 157 Å². The van der Waals surface area contributed by atoms with Gasteiger partial charge in [0.05, 0.1) is 73.5 Å². The summed E-state index contributed by atoms with van der Waals surface area (Å²) in [5.41, 5.74) is -1.90. The van der Waals surface area contributed by atoms with E-state index in [-0.39, 0.29) is 74.7 Å². The molecule has 0 saturated carbocycles. The molecule has 14 aromatic carbocycles. The van der Waals surface area contributed by atoms with Crippen molar-refractivity contribution in [1.29, 1.82) is 0 Å². The third-order valence-corrected chi connectivity index (χ3v) is 28.5. The second kappa shape index (κ2) is 41.7. The highest BCUT2D eigenvalue weighted by molar-refractivity contribution is 7.92. The smallest absolute Gasteiger partial charge is 0.411 e. The van der Waals surface area contributed by atoms with E-state index in [0.29, 0.717) is 82.8 Å². The van der Waals surface area contributed by atoms with Gasteiger partial charge in [-0.3, -0.25) is 4.57 Å². The number of aromatic amines is 2. The maximum Gasteiger partial charge on any atom is 0.411 e. The summed E-state index contributed by atoms with van der Waals surface area (Å²) in [6, 6.07) is 86.2. The number of nitrogens with zero attached hydrogens (tertiary/aromatic N) is 8. The van der Waals surface area contributed by atoms with Crippen LogP contribution in [0, 0.1) is 18.6 Å². The number of phenolic OH excluding ortho intramolecular Hbond substituents is 2. The lowest BCUT2D eigenvalue weighted by Crippen LogP contribution is -2.54. The van der Waals surface area contributed by atoms with Crippen molar-refractivity contribution in [3.63, 3.8) is 0 Å². The molecular weight excluding hydrogens is 1970 g/mol. The number of pyridine rings is 2. The van der Waals surface area contributed by atoms with Gasteiger partial charge in [0.15, 0.2) is 23.3 Å². The van der Waals surface area contributed by atoms with E-state index in [9.17, 15) is 60.4 Å². The Hall–Kier alpha value is -16.7. The van der Waals surface area contributed by atoms with E-state index >= 15 is 26.3 Å². The highest BCUT2D eigenvalue weighted by Gasteiger charge is 2.74. The van der Waals surface area contributed by atoms with Crippen molar-refractivity contribution in [3.05, 3.63) is 416 Å². The summed E-state index contributed by atoms with van der Waals surface area (Å²) in [6.07, 6.45) is -23.2. The van der Waals surface area contributed by atoms with Gasteiger partial charge in [-0.1, -0.05) is 149 Å². The molecule has 0 radical (unpaired) electrons. The maximum atomic E-state index is 15.1. The monoisotopic (exact) mass is 2050 g/mol. The van der Waals surface area contributed by atoms with Crippen molar-refractivity contribution in [2.45, 2.75) is 94.1 Å². The number of nitrogens with one attached hydrogen (secondary N) is 2. The number of H-pyrrole nitrogens is 2. The molecule has 0 aliphatic heterocycles. The zero-order valence-corrected chi connectivity index (χ0v) is 76.5. The third-order valence-electron chi connectivity index (χ3n) is 23.2. The van der Waals surface area contributed by atoms with Crippen molar-refractivity contribution in [3.8, 4) is 86.3 Å². The second-order valence-corrected chi connectivity index (χ2v) is 38.1. The molecule has 37 heteroatoms. The number of hydrogen-bond acceptors (Lipinski definition) is 16. The Morgan fingerprint density at radius 3 is 0.911 bits per heavy atom. The summed E-state index contributed by atoms with van der Waals surface area (Å²) in [6.45, 7) is 1.81. The van der Waals surface area contributed by atoms with E-state index in [4.69, 9.17) is 39.6 Å². The molecule has 20 rings (SSSR count). The number of ether oxygens (including phenoxy) is 2. The molecule has 0 amide bonds. The van der Waals surface area contributed by atoms with Crippen LogP contribution in [0.15, 0.2) is 405 Å². The van der Waals surface area contributed by atoms with E-state index in [1.165, 1.54) is 97.1 Å². The van der Waals surface area contributed by atoms with Crippen molar-refractivity contribution < 1.29 is 106 Å². The number of sulfone groups is 3. The zero-order valence-electron chi connectivity index (χ0n) is 74.1. The topological polar surface area (TPSA) is 280 Å². The number of para-hydroxylation sites is 8. The minimum atomic E-state index is -5.89. The molecule has 0 saturated heterocycles. The molecule has 0 aliphatic carbocycles. The number of rotatable bonds is 19. The lowest BCUT2D eigenvalue weighted by Gasteiger charge is -2.38. The molecule has 6 aromatic heterocycles. The molecular formula is C109H84F14N10O10S3. The van der Waals surface area contributed by atoms with Gasteiger partial charge in [0.25, 0.3) is 0 Å². The number of imidazole rings is 4. The fourth-order valence-corrected chi connectivity index (χ4v) is 19.9. The van der Waals surface area contributed by atoms with Crippen LogP contribution in [0.25, 0.3) is 95.9 Å². The summed E-state index contributed by atoms with van der Waals surface area (Å²) in [7, 11) is -9.79. The normalized spacial score (nSPS) is 12.0. The van der Waals surface area contributed by atoms with Crippen LogP contribution in [0.2, 0.25) is 0 Å². The van der Waals surface area contributed by atoms with Gasteiger partial charge in [-0.15, -0.1) is 0 Å². The first kappa shape index (κ1) is 105. The lowest BCUT2D eigenvalue weighted by molar-refractivity contribution is -0.290. The average molecular weight is 2060 g/mol.